The number of hydrogen-bond acceptors (Lipinski definition) is 2. The average molecular weight is 387 g/mol. The van der Waals surface area contributed by atoms with E-state index >= 15 is 0 Å². The average Bonchev–Trinajstić information content (AvgIpc) is 2.61. The van der Waals surface area contributed by atoms with E-state index in [1.807, 2.05) is 24.3 Å². The first kappa shape index (κ1) is 16.0. The van der Waals surface area contributed by atoms with Crippen LogP contribution in [0.5, 0.6) is 11.5 Å². The summed E-state index contributed by atoms with van der Waals surface area (Å²) in [6, 6.07) is 13.7. The van der Waals surface area contributed by atoms with Crippen LogP contribution in [0.4, 0.5) is 0 Å². The molecule has 2 aliphatic rings. The van der Waals surface area contributed by atoms with E-state index in [-0.39, 0.29) is 0 Å². The van der Waals surface area contributed by atoms with Crippen molar-refractivity contribution in [2.24, 2.45) is 5.92 Å². The zero-order valence-electron chi connectivity index (χ0n) is 13.7. The summed E-state index contributed by atoms with van der Waals surface area (Å²) in [5.74, 6) is 2.73. The molecule has 2 aromatic carbocycles. The molecule has 2 N–H and O–H groups in total. The normalized spacial score (nSPS) is 28.9. The van der Waals surface area contributed by atoms with Crippen molar-refractivity contribution in [3.63, 3.8) is 0 Å². The Balaban J connectivity index is 1.85. The van der Waals surface area contributed by atoms with Gasteiger partial charge in [-0.2, -0.15) is 0 Å². The molecule has 0 radical (unpaired) electrons. The molecule has 2 aromatic rings. The Morgan fingerprint density at radius 1 is 0.875 bits per heavy atom. The summed E-state index contributed by atoms with van der Waals surface area (Å²) in [4.78, 5) is 0. The lowest BCUT2D eigenvalue weighted by Gasteiger charge is -2.47. The largest absolute Gasteiger partial charge is 0.508 e. The van der Waals surface area contributed by atoms with E-state index < -0.39 is 0 Å². The number of halogens is 1. The number of benzene rings is 2. The molecule has 24 heavy (non-hydrogen) atoms. The van der Waals surface area contributed by atoms with Crippen LogP contribution in [-0.4, -0.2) is 15.5 Å². The Hall–Kier alpha value is -1.48. The third kappa shape index (κ3) is 2.63. The minimum Gasteiger partial charge on any atom is -0.508 e. The molecule has 0 aromatic heterocycles. The number of alkyl halides is 1. The van der Waals surface area contributed by atoms with E-state index in [4.69, 9.17) is 0 Å². The Bertz CT molecular complexity index is 725. The molecular formula is C21H23BrO2. The van der Waals surface area contributed by atoms with Gasteiger partial charge in [-0.25, -0.2) is 0 Å². The molecule has 0 saturated heterocycles. The van der Waals surface area contributed by atoms with Gasteiger partial charge in [0, 0.05) is 11.2 Å². The van der Waals surface area contributed by atoms with Crippen molar-refractivity contribution < 1.29 is 10.2 Å². The molecule has 126 valence electrons. The van der Waals surface area contributed by atoms with E-state index in [0.29, 0.717) is 35.2 Å². The molecule has 0 amide bonds. The smallest absolute Gasteiger partial charge is 0.115 e. The second-order valence-corrected chi connectivity index (χ2v) is 7.89. The highest BCUT2D eigenvalue weighted by Gasteiger charge is 2.43. The van der Waals surface area contributed by atoms with Gasteiger partial charge in [0.1, 0.15) is 11.5 Å². The van der Waals surface area contributed by atoms with Crippen LogP contribution in [0.1, 0.15) is 60.1 Å². The van der Waals surface area contributed by atoms with Crippen molar-refractivity contribution in [1.82, 2.24) is 0 Å². The first-order valence-corrected chi connectivity index (χ1v) is 9.99. The van der Waals surface area contributed by atoms with Gasteiger partial charge >= 0.3 is 0 Å². The summed E-state index contributed by atoms with van der Waals surface area (Å²) in [6.45, 7) is 0. The summed E-state index contributed by atoms with van der Waals surface area (Å²) < 4.78 is 0. The van der Waals surface area contributed by atoms with Gasteiger partial charge in [0.15, 0.2) is 0 Å². The quantitative estimate of drug-likeness (QED) is 0.654. The third-order valence-corrected chi connectivity index (χ3v) is 6.73. The summed E-state index contributed by atoms with van der Waals surface area (Å²) in [5.41, 5.74) is 4.07. The van der Waals surface area contributed by atoms with E-state index in [1.54, 1.807) is 0 Å². The van der Waals surface area contributed by atoms with Crippen LogP contribution in [0, 0.1) is 5.92 Å². The van der Waals surface area contributed by atoms with Crippen LogP contribution in [0.15, 0.2) is 42.5 Å². The number of phenols is 2. The van der Waals surface area contributed by atoms with Gasteiger partial charge < -0.3 is 10.2 Å². The monoisotopic (exact) mass is 386 g/mol. The molecule has 1 saturated carbocycles. The number of hydrogen-bond donors (Lipinski definition) is 2. The molecular weight excluding hydrogens is 364 g/mol. The number of aromatic hydroxyl groups is 2. The van der Waals surface area contributed by atoms with Crippen molar-refractivity contribution in [3.8, 4) is 11.5 Å². The lowest BCUT2D eigenvalue weighted by atomic mass is 9.58. The molecule has 0 aliphatic heterocycles. The maximum Gasteiger partial charge on any atom is 0.115 e. The molecule has 0 spiro atoms. The lowest BCUT2D eigenvalue weighted by Crippen LogP contribution is -2.34. The van der Waals surface area contributed by atoms with Crippen molar-refractivity contribution in [3.05, 3.63) is 59.2 Å². The van der Waals surface area contributed by atoms with Crippen LogP contribution < -0.4 is 0 Å². The highest BCUT2D eigenvalue weighted by Crippen LogP contribution is 2.57. The molecule has 3 heteroatoms. The van der Waals surface area contributed by atoms with Crippen LogP contribution in [0.25, 0.3) is 0 Å². The van der Waals surface area contributed by atoms with Gasteiger partial charge in [0.05, 0.1) is 0 Å². The minimum atomic E-state index is 0.329. The van der Waals surface area contributed by atoms with Crippen LogP contribution in [0.3, 0.4) is 0 Å². The SMILES string of the molecule is Oc1ccc([C@@H]2C(CBr)c3ccc(O)cc3[C@@H]3CCCC[C@H]23)cc1. The highest BCUT2D eigenvalue weighted by atomic mass is 79.9. The molecule has 4 rings (SSSR count). The van der Waals surface area contributed by atoms with Crippen molar-refractivity contribution in [2.75, 3.05) is 5.33 Å². The first-order valence-electron chi connectivity index (χ1n) is 8.86. The second kappa shape index (κ2) is 6.44. The fourth-order valence-corrected chi connectivity index (χ4v) is 5.79. The zero-order chi connectivity index (χ0) is 16.7. The molecule has 1 fully saturated rings. The predicted octanol–water partition coefficient (Wildman–Crippen LogP) is 5.65. The minimum absolute atomic E-state index is 0.329. The van der Waals surface area contributed by atoms with Crippen LogP contribution in [-0.2, 0) is 0 Å². The van der Waals surface area contributed by atoms with Gasteiger partial charge in [-0.05, 0) is 71.6 Å². The van der Waals surface area contributed by atoms with Gasteiger partial charge in [-0.15, -0.1) is 0 Å². The molecule has 0 heterocycles. The lowest BCUT2D eigenvalue weighted by molar-refractivity contribution is 0.224. The fraction of sp³-hybridized carbons (Fsp3) is 0.429. The number of phenolic OH excluding ortho intramolecular Hbond substituents is 2. The maximum absolute atomic E-state index is 10.0. The summed E-state index contributed by atoms with van der Waals surface area (Å²) in [7, 11) is 0. The second-order valence-electron chi connectivity index (χ2n) is 7.25. The van der Waals surface area contributed by atoms with Gasteiger partial charge in [0.25, 0.3) is 0 Å². The van der Waals surface area contributed by atoms with Gasteiger partial charge in [0.2, 0.25) is 0 Å². The molecule has 2 nitrogen and oxygen atoms in total. The molecule has 4 atom stereocenters. The van der Waals surface area contributed by atoms with E-state index in [1.165, 1.54) is 42.4 Å². The summed E-state index contributed by atoms with van der Waals surface area (Å²) >= 11 is 3.76. The van der Waals surface area contributed by atoms with Gasteiger partial charge in [-0.1, -0.05) is 47.0 Å². The Kier molecular flexibility index (Phi) is 4.29. The maximum atomic E-state index is 10.0. The van der Waals surface area contributed by atoms with E-state index in [0.717, 1.165) is 5.33 Å². The first-order chi connectivity index (χ1) is 11.7. The Morgan fingerprint density at radius 3 is 2.33 bits per heavy atom. The Morgan fingerprint density at radius 2 is 1.58 bits per heavy atom. The molecule has 2 aliphatic carbocycles. The van der Waals surface area contributed by atoms with E-state index in [2.05, 4.69) is 34.1 Å². The van der Waals surface area contributed by atoms with Crippen molar-refractivity contribution >= 4 is 15.9 Å². The summed E-state index contributed by atoms with van der Waals surface area (Å²) in [6.07, 6.45) is 5.02. The number of rotatable bonds is 2. The molecule has 1 unspecified atom stereocenters. The highest BCUT2D eigenvalue weighted by molar-refractivity contribution is 9.09. The van der Waals surface area contributed by atoms with Crippen LogP contribution in [0.2, 0.25) is 0 Å². The topological polar surface area (TPSA) is 40.5 Å². The third-order valence-electron chi connectivity index (χ3n) is 6.03. The Labute approximate surface area is 151 Å². The zero-order valence-corrected chi connectivity index (χ0v) is 15.2. The standard InChI is InChI=1S/C21H23BrO2/c22-12-20-17-10-9-15(24)11-19(17)16-3-1-2-4-18(16)21(20)13-5-7-14(23)8-6-13/h5-11,16,18,20-21,23-24H,1-4,12H2/t16-,18+,20?,21+/m1/s1. The predicted molar refractivity (Wildman–Crippen MR) is 100 cm³/mol. The van der Waals surface area contributed by atoms with Crippen molar-refractivity contribution in [1.29, 1.82) is 0 Å². The number of fused-ring (bicyclic) bond motifs is 3. The van der Waals surface area contributed by atoms with Gasteiger partial charge in [-0.3, -0.25) is 0 Å². The van der Waals surface area contributed by atoms with E-state index in [9.17, 15) is 10.2 Å². The van der Waals surface area contributed by atoms with Crippen LogP contribution >= 0.6 is 15.9 Å². The fourth-order valence-electron chi connectivity index (χ4n) is 5.04. The molecule has 0 bridgehead atoms. The van der Waals surface area contributed by atoms with Crippen molar-refractivity contribution in [2.45, 2.75) is 43.4 Å². The summed E-state index contributed by atoms with van der Waals surface area (Å²) in [5, 5.41) is 20.6.